The second-order valence-electron chi connectivity index (χ2n) is 7.69. The van der Waals surface area contributed by atoms with Crippen LogP contribution < -0.4 is 10.2 Å². The molecule has 29 heavy (non-hydrogen) atoms. The number of carbonyl (C=O) groups excluding carboxylic acids is 1. The molecule has 2 amide bonds. The molecular formula is C21H29N5O3. The standard InChI is InChI=1S/C21H29N5O3/c1-2-24(15-20(27)28)18-12-17(13-18)23-21(29)26-9-5-8-25(10-11-26)19-7-4-3-6-16(19)14-22/h3-4,6-7,17-18H,2,5,8-13,15H2,1H3,(H,23,29)(H,27,28). The number of nitrogens with one attached hydrogen (secondary N) is 1. The fourth-order valence-corrected chi connectivity index (χ4v) is 4.15. The number of nitrogens with zero attached hydrogens (tertiary/aromatic N) is 4. The first-order valence-electron chi connectivity index (χ1n) is 10.3. The van der Waals surface area contributed by atoms with E-state index in [1.807, 2.05) is 41.0 Å². The highest BCUT2D eigenvalue weighted by molar-refractivity contribution is 5.75. The largest absolute Gasteiger partial charge is 0.480 e. The fraction of sp³-hybridized carbons (Fsp3) is 0.571. The van der Waals surface area contributed by atoms with Crippen molar-refractivity contribution in [3.05, 3.63) is 29.8 Å². The highest BCUT2D eigenvalue weighted by Crippen LogP contribution is 2.26. The van der Waals surface area contributed by atoms with Crippen LogP contribution in [0.1, 0.15) is 31.7 Å². The number of nitriles is 1. The molecule has 2 N–H and O–H groups in total. The van der Waals surface area contributed by atoms with Crippen molar-refractivity contribution in [2.75, 3.05) is 44.2 Å². The minimum atomic E-state index is -0.813. The predicted octanol–water partition coefficient (Wildman–Crippen LogP) is 1.72. The first-order chi connectivity index (χ1) is 14.0. The van der Waals surface area contributed by atoms with Crippen molar-refractivity contribution in [3.8, 4) is 6.07 Å². The van der Waals surface area contributed by atoms with Crippen molar-refractivity contribution < 1.29 is 14.7 Å². The summed E-state index contributed by atoms with van der Waals surface area (Å²) in [5.41, 5.74) is 1.59. The van der Waals surface area contributed by atoms with E-state index in [9.17, 15) is 14.9 Å². The molecular weight excluding hydrogens is 370 g/mol. The minimum absolute atomic E-state index is 0.0496. The van der Waals surface area contributed by atoms with Crippen LogP contribution in [-0.4, -0.2) is 78.3 Å². The molecule has 2 fully saturated rings. The van der Waals surface area contributed by atoms with Crippen molar-refractivity contribution in [1.82, 2.24) is 15.1 Å². The summed E-state index contributed by atoms with van der Waals surface area (Å²) in [5.74, 6) is -0.813. The second-order valence-corrected chi connectivity index (χ2v) is 7.69. The van der Waals surface area contributed by atoms with Gasteiger partial charge in [-0.3, -0.25) is 9.69 Å². The van der Waals surface area contributed by atoms with E-state index in [1.54, 1.807) is 0 Å². The van der Waals surface area contributed by atoms with Crippen LogP contribution in [0.2, 0.25) is 0 Å². The Labute approximate surface area is 171 Å². The number of aliphatic carboxylic acids is 1. The van der Waals surface area contributed by atoms with Gasteiger partial charge >= 0.3 is 12.0 Å². The molecule has 1 aliphatic carbocycles. The quantitative estimate of drug-likeness (QED) is 0.756. The summed E-state index contributed by atoms with van der Waals surface area (Å²) in [6, 6.07) is 10.1. The van der Waals surface area contributed by atoms with Gasteiger partial charge in [0.05, 0.1) is 17.8 Å². The SMILES string of the molecule is CCN(CC(=O)O)C1CC(NC(=O)N2CCCN(c3ccccc3C#N)CC2)C1. The number of carboxylic acid groups (broad SMARTS) is 1. The molecule has 8 nitrogen and oxygen atoms in total. The zero-order valence-electron chi connectivity index (χ0n) is 16.9. The van der Waals surface area contributed by atoms with E-state index in [0.717, 1.165) is 31.5 Å². The average Bonchev–Trinajstić information content (AvgIpc) is 2.94. The summed E-state index contributed by atoms with van der Waals surface area (Å²) in [6.07, 6.45) is 2.44. The normalized spacial score (nSPS) is 21.8. The van der Waals surface area contributed by atoms with Gasteiger partial charge in [0.25, 0.3) is 0 Å². The van der Waals surface area contributed by atoms with Gasteiger partial charge in [0, 0.05) is 38.3 Å². The van der Waals surface area contributed by atoms with Crippen molar-refractivity contribution in [3.63, 3.8) is 0 Å². The van der Waals surface area contributed by atoms with Crippen molar-refractivity contribution >= 4 is 17.7 Å². The number of carbonyl (C=O) groups is 2. The number of urea groups is 1. The molecule has 0 spiro atoms. The van der Waals surface area contributed by atoms with Crippen LogP contribution in [0.25, 0.3) is 0 Å². The molecule has 0 radical (unpaired) electrons. The fourth-order valence-electron chi connectivity index (χ4n) is 4.15. The minimum Gasteiger partial charge on any atom is -0.480 e. The lowest BCUT2D eigenvalue weighted by Gasteiger charge is -2.42. The van der Waals surface area contributed by atoms with Gasteiger partial charge in [-0.25, -0.2) is 4.79 Å². The van der Waals surface area contributed by atoms with E-state index in [2.05, 4.69) is 16.3 Å². The maximum absolute atomic E-state index is 12.7. The zero-order valence-corrected chi connectivity index (χ0v) is 16.9. The molecule has 0 bridgehead atoms. The third kappa shape index (κ3) is 5.18. The van der Waals surface area contributed by atoms with Crippen LogP contribution in [-0.2, 0) is 4.79 Å². The summed E-state index contributed by atoms with van der Waals surface area (Å²) in [5, 5.41) is 21.4. The molecule has 1 aliphatic heterocycles. The molecule has 1 aromatic rings. The molecule has 156 valence electrons. The first kappa shape index (κ1) is 20.9. The lowest BCUT2D eigenvalue weighted by molar-refractivity contribution is -0.139. The molecule has 2 aliphatic rings. The maximum atomic E-state index is 12.7. The zero-order chi connectivity index (χ0) is 20.8. The molecule has 1 saturated carbocycles. The molecule has 0 atom stereocenters. The Morgan fingerprint density at radius 2 is 2.00 bits per heavy atom. The van der Waals surface area contributed by atoms with E-state index in [1.165, 1.54) is 0 Å². The molecule has 1 heterocycles. The Bertz CT molecular complexity index is 772. The van der Waals surface area contributed by atoms with Gasteiger partial charge in [-0.1, -0.05) is 19.1 Å². The number of para-hydroxylation sites is 1. The number of rotatable bonds is 6. The third-order valence-corrected chi connectivity index (χ3v) is 5.85. The van der Waals surface area contributed by atoms with E-state index >= 15 is 0 Å². The van der Waals surface area contributed by atoms with E-state index in [4.69, 9.17) is 5.11 Å². The highest BCUT2D eigenvalue weighted by Gasteiger charge is 2.35. The molecule has 8 heteroatoms. The van der Waals surface area contributed by atoms with Gasteiger partial charge in [-0.15, -0.1) is 0 Å². The summed E-state index contributed by atoms with van der Waals surface area (Å²) in [6.45, 7) is 5.52. The monoisotopic (exact) mass is 399 g/mol. The predicted molar refractivity (Wildman–Crippen MR) is 110 cm³/mol. The van der Waals surface area contributed by atoms with Crippen molar-refractivity contribution in [1.29, 1.82) is 5.26 Å². The van der Waals surface area contributed by atoms with Crippen LogP contribution in [0.5, 0.6) is 0 Å². The number of amides is 2. The lowest BCUT2D eigenvalue weighted by atomic mass is 9.85. The van der Waals surface area contributed by atoms with Crippen LogP contribution in [0, 0.1) is 11.3 Å². The van der Waals surface area contributed by atoms with Gasteiger partial charge < -0.3 is 20.2 Å². The topological polar surface area (TPSA) is 99.9 Å². The number of likely N-dealkylation sites (N-methyl/N-ethyl adjacent to an activating group) is 1. The Balaban J connectivity index is 1.48. The number of hydrogen-bond donors (Lipinski definition) is 2. The van der Waals surface area contributed by atoms with Gasteiger partial charge in [0.2, 0.25) is 0 Å². The summed E-state index contributed by atoms with van der Waals surface area (Å²) in [4.78, 5) is 29.6. The second kappa shape index (κ2) is 9.61. The van der Waals surface area contributed by atoms with Crippen LogP contribution in [0.15, 0.2) is 24.3 Å². The number of benzene rings is 1. The third-order valence-electron chi connectivity index (χ3n) is 5.85. The van der Waals surface area contributed by atoms with E-state index in [-0.39, 0.29) is 24.7 Å². The average molecular weight is 399 g/mol. The Hall–Kier alpha value is -2.79. The number of carboxylic acids is 1. The Morgan fingerprint density at radius 3 is 2.69 bits per heavy atom. The Morgan fingerprint density at radius 1 is 1.24 bits per heavy atom. The molecule has 0 unspecified atom stereocenters. The first-order valence-corrected chi connectivity index (χ1v) is 10.3. The molecule has 0 aromatic heterocycles. The van der Waals surface area contributed by atoms with Crippen molar-refractivity contribution in [2.24, 2.45) is 0 Å². The number of hydrogen-bond acceptors (Lipinski definition) is 5. The summed E-state index contributed by atoms with van der Waals surface area (Å²) < 4.78 is 0. The van der Waals surface area contributed by atoms with Crippen molar-refractivity contribution in [2.45, 2.75) is 38.3 Å². The van der Waals surface area contributed by atoms with Gasteiger partial charge in [0.15, 0.2) is 0 Å². The Kier molecular flexibility index (Phi) is 6.94. The highest BCUT2D eigenvalue weighted by atomic mass is 16.4. The lowest BCUT2D eigenvalue weighted by Crippen LogP contribution is -2.57. The van der Waals surface area contributed by atoms with E-state index < -0.39 is 5.97 Å². The van der Waals surface area contributed by atoms with Gasteiger partial charge in [0.1, 0.15) is 6.07 Å². The molecule has 1 saturated heterocycles. The smallest absolute Gasteiger partial charge is 0.317 e. The van der Waals surface area contributed by atoms with Crippen LogP contribution in [0.4, 0.5) is 10.5 Å². The summed E-state index contributed by atoms with van der Waals surface area (Å²) >= 11 is 0. The molecule has 1 aromatic carbocycles. The molecule has 3 rings (SSSR count). The van der Waals surface area contributed by atoms with Crippen LogP contribution in [0.3, 0.4) is 0 Å². The van der Waals surface area contributed by atoms with E-state index in [0.29, 0.717) is 31.7 Å². The maximum Gasteiger partial charge on any atom is 0.317 e. The summed E-state index contributed by atoms with van der Waals surface area (Å²) in [7, 11) is 0. The van der Waals surface area contributed by atoms with Gasteiger partial charge in [-0.2, -0.15) is 5.26 Å². The number of anilines is 1. The van der Waals surface area contributed by atoms with Crippen LogP contribution >= 0.6 is 0 Å². The van der Waals surface area contributed by atoms with Gasteiger partial charge in [-0.05, 0) is 37.9 Å².